The molecule has 2 rings (SSSR count). The lowest BCUT2D eigenvalue weighted by molar-refractivity contribution is 0.414. The van der Waals surface area contributed by atoms with Crippen molar-refractivity contribution in [2.24, 2.45) is 5.73 Å². The van der Waals surface area contributed by atoms with Crippen molar-refractivity contribution < 1.29 is 9.15 Å². The number of hydrogen-bond donors (Lipinski definition) is 1. The second-order valence-corrected chi connectivity index (χ2v) is 4.18. The molecule has 0 saturated carbocycles. The topological polar surface area (TPSA) is 51.6 Å². The fraction of sp³-hybridized carbons (Fsp3) is 0.286. The molecule has 2 N–H and O–H groups in total. The van der Waals surface area contributed by atoms with Crippen molar-refractivity contribution in [3.63, 3.8) is 0 Å². The van der Waals surface area contributed by atoms with Gasteiger partial charge in [-0.25, -0.2) is 0 Å². The van der Waals surface area contributed by atoms with E-state index in [0.29, 0.717) is 13.1 Å². The highest BCUT2D eigenvalue weighted by Crippen LogP contribution is 2.21. The van der Waals surface area contributed by atoms with E-state index in [2.05, 4.69) is 4.90 Å². The Bertz CT molecular complexity index is 508. The van der Waals surface area contributed by atoms with E-state index in [4.69, 9.17) is 14.9 Å². The van der Waals surface area contributed by atoms with E-state index in [0.717, 1.165) is 22.8 Å². The van der Waals surface area contributed by atoms with E-state index in [9.17, 15) is 0 Å². The lowest BCUT2D eigenvalue weighted by atomic mass is 10.2. The number of furan rings is 1. The molecule has 4 nitrogen and oxygen atoms in total. The summed E-state index contributed by atoms with van der Waals surface area (Å²) in [7, 11) is 3.68. The molecular weight excluding hydrogens is 228 g/mol. The Kier molecular flexibility index (Phi) is 3.89. The average Bonchev–Trinajstić information content (AvgIpc) is 2.86. The van der Waals surface area contributed by atoms with Gasteiger partial charge in [-0.2, -0.15) is 0 Å². The smallest absolute Gasteiger partial charge is 0.123 e. The van der Waals surface area contributed by atoms with Crippen molar-refractivity contribution in [1.29, 1.82) is 0 Å². The molecule has 0 amide bonds. The molecule has 0 aliphatic carbocycles. The highest BCUT2D eigenvalue weighted by atomic mass is 16.5. The van der Waals surface area contributed by atoms with Crippen molar-refractivity contribution in [2.75, 3.05) is 19.1 Å². The maximum Gasteiger partial charge on any atom is 0.123 e. The summed E-state index contributed by atoms with van der Waals surface area (Å²) in [5.41, 5.74) is 7.65. The summed E-state index contributed by atoms with van der Waals surface area (Å²) in [6.07, 6.45) is 1.70. The third-order valence-electron chi connectivity index (χ3n) is 2.83. The van der Waals surface area contributed by atoms with Gasteiger partial charge in [-0.05, 0) is 18.2 Å². The Morgan fingerprint density at radius 3 is 2.83 bits per heavy atom. The van der Waals surface area contributed by atoms with Crippen LogP contribution in [-0.4, -0.2) is 14.2 Å². The van der Waals surface area contributed by atoms with Crippen LogP contribution >= 0.6 is 0 Å². The van der Waals surface area contributed by atoms with Crippen molar-refractivity contribution in [3.05, 3.63) is 47.9 Å². The molecule has 0 aliphatic rings. The highest BCUT2D eigenvalue weighted by Gasteiger charge is 2.06. The van der Waals surface area contributed by atoms with Gasteiger partial charge >= 0.3 is 0 Å². The van der Waals surface area contributed by atoms with Gasteiger partial charge in [0.05, 0.1) is 19.9 Å². The molecule has 1 heterocycles. The van der Waals surface area contributed by atoms with Crippen molar-refractivity contribution in [2.45, 2.75) is 13.1 Å². The molecular formula is C14H18N2O2. The van der Waals surface area contributed by atoms with Crippen molar-refractivity contribution in [1.82, 2.24) is 0 Å². The zero-order valence-electron chi connectivity index (χ0n) is 10.7. The SMILES string of the molecule is COc1cccc(N(C)Cc2cc(CN)co2)c1. The number of benzene rings is 1. The monoisotopic (exact) mass is 246 g/mol. The molecule has 0 spiro atoms. The van der Waals surface area contributed by atoms with Gasteiger partial charge in [0.25, 0.3) is 0 Å². The third kappa shape index (κ3) is 2.84. The zero-order chi connectivity index (χ0) is 13.0. The van der Waals surface area contributed by atoms with E-state index in [1.807, 2.05) is 37.4 Å². The maximum absolute atomic E-state index is 5.55. The van der Waals surface area contributed by atoms with Crippen LogP contribution in [0.3, 0.4) is 0 Å². The molecule has 0 saturated heterocycles. The minimum absolute atomic E-state index is 0.506. The zero-order valence-corrected chi connectivity index (χ0v) is 10.7. The lowest BCUT2D eigenvalue weighted by Crippen LogP contribution is -2.15. The standard InChI is InChI=1S/C14H18N2O2/c1-16(9-14-6-11(8-15)10-18-14)12-4-3-5-13(7-12)17-2/h3-7,10H,8-9,15H2,1-2H3. The molecule has 18 heavy (non-hydrogen) atoms. The van der Waals surface area contributed by atoms with E-state index >= 15 is 0 Å². The summed E-state index contributed by atoms with van der Waals surface area (Å²) < 4.78 is 10.7. The Balaban J connectivity index is 2.08. The average molecular weight is 246 g/mol. The first kappa shape index (κ1) is 12.5. The molecule has 0 unspecified atom stereocenters. The van der Waals surface area contributed by atoms with Crippen LogP contribution in [0.1, 0.15) is 11.3 Å². The van der Waals surface area contributed by atoms with Gasteiger partial charge in [0.1, 0.15) is 11.5 Å². The molecule has 1 aromatic carbocycles. The number of anilines is 1. The van der Waals surface area contributed by atoms with E-state index < -0.39 is 0 Å². The predicted molar refractivity (Wildman–Crippen MR) is 71.7 cm³/mol. The number of nitrogens with zero attached hydrogens (tertiary/aromatic N) is 1. The maximum atomic E-state index is 5.55. The van der Waals surface area contributed by atoms with E-state index in [-0.39, 0.29) is 0 Å². The summed E-state index contributed by atoms with van der Waals surface area (Å²) in [5, 5.41) is 0. The van der Waals surface area contributed by atoms with E-state index in [1.54, 1.807) is 13.4 Å². The molecule has 2 aromatic rings. The van der Waals surface area contributed by atoms with Crippen LogP contribution in [0.4, 0.5) is 5.69 Å². The first-order chi connectivity index (χ1) is 8.72. The molecule has 96 valence electrons. The lowest BCUT2D eigenvalue weighted by Gasteiger charge is -2.18. The van der Waals surface area contributed by atoms with Crippen LogP contribution in [-0.2, 0) is 13.1 Å². The van der Waals surface area contributed by atoms with Gasteiger partial charge in [0, 0.05) is 30.9 Å². The van der Waals surface area contributed by atoms with Crippen LogP contribution in [0.25, 0.3) is 0 Å². The minimum Gasteiger partial charge on any atom is -0.497 e. The highest BCUT2D eigenvalue weighted by molar-refractivity contribution is 5.50. The molecule has 0 aliphatic heterocycles. The molecule has 0 bridgehead atoms. The summed E-state index contributed by atoms with van der Waals surface area (Å²) >= 11 is 0. The van der Waals surface area contributed by atoms with Crippen LogP contribution in [0.2, 0.25) is 0 Å². The Morgan fingerprint density at radius 2 is 2.17 bits per heavy atom. The second kappa shape index (κ2) is 5.60. The van der Waals surface area contributed by atoms with Gasteiger partial charge in [-0.15, -0.1) is 0 Å². The fourth-order valence-electron chi connectivity index (χ4n) is 1.79. The first-order valence-corrected chi connectivity index (χ1v) is 5.84. The van der Waals surface area contributed by atoms with Gasteiger partial charge in [-0.3, -0.25) is 0 Å². The first-order valence-electron chi connectivity index (χ1n) is 5.84. The van der Waals surface area contributed by atoms with Gasteiger partial charge < -0.3 is 19.8 Å². The van der Waals surface area contributed by atoms with Crippen LogP contribution in [0.15, 0.2) is 41.0 Å². The molecule has 0 fully saturated rings. The normalized spacial score (nSPS) is 10.4. The van der Waals surface area contributed by atoms with Gasteiger partial charge in [-0.1, -0.05) is 6.07 Å². The largest absolute Gasteiger partial charge is 0.497 e. The molecule has 4 heteroatoms. The van der Waals surface area contributed by atoms with Crippen LogP contribution in [0.5, 0.6) is 5.75 Å². The van der Waals surface area contributed by atoms with Crippen molar-refractivity contribution >= 4 is 5.69 Å². The third-order valence-corrected chi connectivity index (χ3v) is 2.83. The Morgan fingerprint density at radius 1 is 1.33 bits per heavy atom. The second-order valence-electron chi connectivity index (χ2n) is 4.18. The number of methoxy groups -OCH3 is 1. The van der Waals surface area contributed by atoms with Gasteiger partial charge in [0.15, 0.2) is 0 Å². The van der Waals surface area contributed by atoms with Crippen LogP contribution < -0.4 is 15.4 Å². The van der Waals surface area contributed by atoms with E-state index in [1.165, 1.54) is 0 Å². The summed E-state index contributed by atoms with van der Waals surface area (Å²) in [4.78, 5) is 2.10. The molecule has 0 radical (unpaired) electrons. The van der Waals surface area contributed by atoms with Crippen molar-refractivity contribution in [3.8, 4) is 5.75 Å². The molecule has 0 atom stereocenters. The Hall–Kier alpha value is -1.94. The number of hydrogen-bond acceptors (Lipinski definition) is 4. The number of rotatable bonds is 5. The van der Waals surface area contributed by atoms with Gasteiger partial charge in [0.2, 0.25) is 0 Å². The summed E-state index contributed by atoms with van der Waals surface area (Å²) in [6.45, 7) is 1.21. The fourth-order valence-corrected chi connectivity index (χ4v) is 1.79. The minimum atomic E-state index is 0.506. The molecule has 1 aromatic heterocycles. The van der Waals surface area contributed by atoms with Crippen LogP contribution in [0, 0.1) is 0 Å². The number of nitrogens with two attached hydrogens (primary N) is 1. The Labute approximate surface area is 107 Å². The number of ether oxygens (including phenoxy) is 1. The summed E-state index contributed by atoms with van der Waals surface area (Å²) in [6, 6.07) is 9.91. The quantitative estimate of drug-likeness (QED) is 0.880. The summed E-state index contributed by atoms with van der Waals surface area (Å²) in [5.74, 6) is 1.75. The predicted octanol–water partition coefficient (Wildman–Crippen LogP) is 2.38.